The smallest absolute Gasteiger partial charge is 0.285 e. The highest BCUT2D eigenvalue weighted by molar-refractivity contribution is 5.20. The van der Waals surface area contributed by atoms with Crippen LogP contribution in [0.5, 0.6) is 0 Å². The zero-order chi connectivity index (χ0) is 12.9. The monoisotopic (exact) mass is 242 g/mol. The molecule has 0 aromatic heterocycles. The molecule has 0 heterocycles. The van der Waals surface area contributed by atoms with E-state index in [0.717, 1.165) is 6.54 Å². The molecular formula is C13H20F2N2. The summed E-state index contributed by atoms with van der Waals surface area (Å²) in [5.41, 5.74) is 0.0598. The number of rotatable bonds is 6. The first-order valence-corrected chi connectivity index (χ1v) is 5.73. The fraction of sp³-hybridized carbons (Fsp3) is 0.538. The Balaban J connectivity index is 2.50. The van der Waals surface area contributed by atoms with E-state index in [0.29, 0.717) is 0 Å². The summed E-state index contributed by atoms with van der Waals surface area (Å²) >= 11 is 0. The van der Waals surface area contributed by atoms with Crippen LogP contribution in [-0.4, -0.2) is 38.1 Å². The van der Waals surface area contributed by atoms with E-state index in [2.05, 4.69) is 5.32 Å². The van der Waals surface area contributed by atoms with Crippen molar-refractivity contribution < 1.29 is 8.78 Å². The number of benzene rings is 1. The zero-order valence-corrected chi connectivity index (χ0v) is 10.6. The molecule has 0 bridgehead atoms. The van der Waals surface area contributed by atoms with Crippen molar-refractivity contribution in [2.45, 2.75) is 18.9 Å². The minimum atomic E-state index is -2.82. The molecule has 1 aromatic carbocycles. The van der Waals surface area contributed by atoms with Crippen LogP contribution < -0.4 is 5.32 Å². The Bertz CT molecular complexity index is 325. The number of nitrogens with zero attached hydrogens (tertiary/aromatic N) is 1. The molecular weight excluding hydrogens is 222 g/mol. The molecule has 1 unspecified atom stereocenters. The van der Waals surface area contributed by atoms with E-state index in [9.17, 15) is 8.78 Å². The minimum Gasteiger partial charge on any atom is -0.308 e. The normalized spacial score (nSPS) is 14.0. The van der Waals surface area contributed by atoms with E-state index in [-0.39, 0.29) is 18.2 Å². The second-order valence-corrected chi connectivity index (χ2v) is 4.61. The third kappa shape index (κ3) is 4.79. The van der Waals surface area contributed by atoms with Gasteiger partial charge in [-0.05, 0) is 21.0 Å². The van der Waals surface area contributed by atoms with E-state index in [1.165, 1.54) is 12.1 Å². The molecule has 0 spiro atoms. The van der Waals surface area contributed by atoms with Gasteiger partial charge >= 0.3 is 0 Å². The van der Waals surface area contributed by atoms with Crippen LogP contribution in [0.3, 0.4) is 0 Å². The number of hydrogen-bond acceptors (Lipinski definition) is 2. The number of nitrogens with one attached hydrogen (secondary N) is 1. The van der Waals surface area contributed by atoms with Gasteiger partial charge in [-0.15, -0.1) is 0 Å². The molecule has 0 amide bonds. The van der Waals surface area contributed by atoms with Gasteiger partial charge in [0.1, 0.15) is 0 Å². The summed E-state index contributed by atoms with van der Waals surface area (Å²) < 4.78 is 27.6. The zero-order valence-electron chi connectivity index (χ0n) is 10.6. The van der Waals surface area contributed by atoms with Crippen molar-refractivity contribution in [3.05, 3.63) is 35.9 Å². The van der Waals surface area contributed by atoms with E-state index in [1.807, 2.05) is 25.9 Å². The van der Waals surface area contributed by atoms with E-state index in [4.69, 9.17) is 0 Å². The molecule has 2 nitrogen and oxygen atoms in total. The summed E-state index contributed by atoms with van der Waals surface area (Å²) in [6, 6.07) is 7.96. The fourth-order valence-corrected chi connectivity index (χ4v) is 1.70. The Kier molecular flexibility index (Phi) is 5.02. The first-order valence-electron chi connectivity index (χ1n) is 5.73. The van der Waals surface area contributed by atoms with E-state index >= 15 is 0 Å². The van der Waals surface area contributed by atoms with Crippen molar-refractivity contribution >= 4 is 0 Å². The summed E-state index contributed by atoms with van der Waals surface area (Å²) in [5, 5.41) is 2.86. The second kappa shape index (κ2) is 6.07. The topological polar surface area (TPSA) is 15.3 Å². The van der Waals surface area contributed by atoms with Crippen molar-refractivity contribution in [2.24, 2.45) is 0 Å². The van der Waals surface area contributed by atoms with Gasteiger partial charge in [0, 0.05) is 18.2 Å². The highest BCUT2D eigenvalue weighted by Gasteiger charge is 2.31. The molecule has 0 aliphatic carbocycles. The highest BCUT2D eigenvalue weighted by Crippen LogP contribution is 2.26. The average molecular weight is 242 g/mol. The lowest BCUT2D eigenvalue weighted by Crippen LogP contribution is -2.41. The van der Waals surface area contributed by atoms with E-state index in [1.54, 1.807) is 18.2 Å². The molecule has 0 aliphatic rings. The molecule has 1 atom stereocenters. The number of hydrogen-bond donors (Lipinski definition) is 1. The van der Waals surface area contributed by atoms with Crippen LogP contribution in [0.15, 0.2) is 30.3 Å². The Hall–Kier alpha value is -1.00. The molecule has 1 rings (SSSR count). The van der Waals surface area contributed by atoms with Gasteiger partial charge in [-0.1, -0.05) is 30.3 Å². The van der Waals surface area contributed by atoms with E-state index < -0.39 is 5.92 Å². The van der Waals surface area contributed by atoms with Crippen molar-refractivity contribution in [2.75, 3.05) is 27.2 Å². The molecule has 1 aromatic rings. The average Bonchev–Trinajstić information content (AvgIpc) is 2.27. The predicted octanol–water partition coefficient (Wildman–Crippen LogP) is 2.32. The van der Waals surface area contributed by atoms with Gasteiger partial charge in [-0.25, -0.2) is 0 Å². The molecule has 0 saturated carbocycles. The van der Waals surface area contributed by atoms with Crippen LogP contribution in [0.25, 0.3) is 0 Å². The van der Waals surface area contributed by atoms with Crippen LogP contribution in [-0.2, 0) is 5.92 Å². The maximum absolute atomic E-state index is 13.8. The van der Waals surface area contributed by atoms with Crippen molar-refractivity contribution in [3.8, 4) is 0 Å². The van der Waals surface area contributed by atoms with Crippen LogP contribution in [0.1, 0.15) is 12.5 Å². The lowest BCUT2D eigenvalue weighted by Gasteiger charge is -2.22. The molecule has 17 heavy (non-hydrogen) atoms. The lowest BCUT2D eigenvalue weighted by molar-refractivity contribution is -0.00585. The maximum atomic E-state index is 13.8. The summed E-state index contributed by atoms with van der Waals surface area (Å²) in [6.45, 7) is 2.32. The van der Waals surface area contributed by atoms with Gasteiger partial charge in [0.25, 0.3) is 5.92 Å². The molecule has 0 radical (unpaired) electrons. The second-order valence-electron chi connectivity index (χ2n) is 4.61. The van der Waals surface area contributed by atoms with Crippen LogP contribution in [0.4, 0.5) is 8.78 Å². The van der Waals surface area contributed by atoms with Gasteiger partial charge < -0.3 is 10.2 Å². The SMILES string of the molecule is CC(CN(C)C)NCC(F)(F)c1ccccc1. The molecule has 0 fully saturated rings. The molecule has 0 aliphatic heterocycles. The largest absolute Gasteiger partial charge is 0.308 e. The number of likely N-dealkylation sites (N-methyl/N-ethyl adjacent to an activating group) is 1. The third-order valence-electron chi connectivity index (χ3n) is 2.51. The Morgan fingerprint density at radius 2 is 1.82 bits per heavy atom. The minimum absolute atomic E-state index is 0.0413. The number of alkyl halides is 2. The standard InChI is InChI=1S/C13H20F2N2/c1-11(9-17(2)3)16-10-13(14,15)12-7-5-4-6-8-12/h4-8,11,16H,9-10H2,1-3H3. The maximum Gasteiger partial charge on any atom is 0.285 e. The highest BCUT2D eigenvalue weighted by atomic mass is 19.3. The van der Waals surface area contributed by atoms with Gasteiger partial charge in [0.05, 0.1) is 6.54 Å². The van der Waals surface area contributed by atoms with Crippen LogP contribution in [0.2, 0.25) is 0 Å². The fourth-order valence-electron chi connectivity index (χ4n) is 1.70. The quantitative estimate of drug-likeness (QED) is 0.823. The van der Waals surface area contributed by atoms with Gasteiger partial charge in [0.2, 0.25) is 0 Å². The molecule has 0 saturated heterocycles. The predicted molar refractivity (Wildman–Crippen MR) is 66.4 cm³/mol. The third-order valence-corrected chi connectivity index (χ3v) is 2.51. The molecule has 96 valence electrons. The molecule has 1 N–H and O–H groups in total. The number of halogens is 2. The van der Waals surface area contributed by atoms with Gasteiger partial charge in [-0.3, -0.25) is 0 Å². The Labute approximate surface area is 102 Å². The van der Waals surface area contributed by atoms with Crippen LogP contribution in [0, 0.1) is 0 Å². The summed E-state index contributed by atoms with van der Waals surface area (Å²) in [7, 11) is 3.85. The summed E-state index contributed by atoms with van der Waals surface area (Å²) in [6.07, 6.45) is 0. The van der Waals surface area contributed by atoms with Gasteiger partial charge in [-0.2, -0.15) is 8.78 Å². The first kappa shape index (κ1) is 14.1. The summed E-state index contributed by atoms with van der Waals surface area (Å²) in [5.74, 6) is -2.82. The van der Waals surface area contributed by atoms with Crippen molar-refractivity contribution in [1.82, 2.24) is 10.2 Å². The Morgan fingerprint density at radius 1 is 1.24 bits per heavy atom. The van der Waals surface area contributed by atoms with Crippen molar-refractivity contribution in [1.29, 1.82) is 0 Å². The van der Waals surface area contributed by atoms with Crippen LogP contribution >= 0.6 is 0 Å². The Morgan fingerprint density at radius 3 is 2.35 bits per heavy atom. The van der Waals surface area contributed by atoms with Gasteiger partial charge in [0.15, 0.2) is 0 Å². The summed E-state index contributed by atoms with van der Waals surface area (Å²) in [4.78, 5) is 1.97. The first-order chi connectivity index (χ1) is 7.92. The lowest BCUT2D eigenvalue weighted by atomic mass is 10.1. The van der Waals surface area contributed by atoms with Crippen molar-refractivity contribution in [3.63, 3.8) is 0 Å². The molecule has 4 heteroatoms.